The molecule has 2 amide bonds. The minimum Gasteiger partial charge on any atom is -0.338 e. The van der Waals surface area contributed by atoms with Gasteiger partial charge in [-0.2, -0.15) is 13.2 Å². The van der Waals surface area contributed by atoms with Gasteiger partial charge in [0.1, 0.15) is 0 Å². The first-order valence-corrected chi connectivity index (χ1v) is 6.32. The van der Waals surface area contributed by atoms with Crippen LogP contribution < -0.4 is 10.6 Å². The van der Waals surface area contributed by atoms with E-state index in [0.29, 0.717) is 5.69 Å². The molecular weight excluding hydrogens is 271 g/mol. The Labute approximate surface area is 114 Å². The lowest BCUT2D eigenvalue weighted by Gasteiger charge is -2.09. The average molecular weight is 287 g/mol. The van der Waals surface area contributed by atoms with Gasteiger partial charge in [-0.1, -0.05) is 0 Å². The summed E-state index contributed by atoms with van der Waals surface area (Å²) in [5.41, 5.74) is 2.11. The van der Waals surface area contributed by atoms with Gasteiger partial charge in [-0.15, -0.1) is 0 Å². The van der Waals surface area contributed by atoms with Gasteiger partial charge in [0.25, 0.3) is 0 Å². The molecule has 20 heavy (non-hydrogen) atoms. The van der Waals surface area contributed by atoms with Crippen molar-refractivity contribution in [2.45, 2.75) is 26.4 Å². The monoisotopic (exact) mass is 287 g/mol. The zero-order valence-corrected chi connectivity index (χ0v) is 11.2. The van der Waals surface area contributed by atoms with Crippen LogP contribution in [0.4, 0.5) is 23.7 Å². The van der Waals surface area contributed by atoms with Crippen LogP contribution >= 0.6 is 0 Å². The van der Waals surface area contributed by atoms with E-state index in [9.17, 15) is 18.0 Å². The Hall–Kier alpha value is -1.79. The molecule has 0 spiro atoms. The van der Waals surface area contributed by atoms with Crippen LogP contribution in [0.3, 0.4) is 0 Å². The summed E-state index contributed by atoms with van der Waals surface area (Å²) < 4.78 is 36.9. The third kappa shape index (κ3) is 3.85. The first-order valence-electron chi connectivity index (χ1n) is 6.32. The Morgan fingerprint density at radius 3 is 2.45 bits per heavy atom. The molecule has 2 atom stereocenters. The van der Waals surface area contributed by atoms with Crippen LogP contribution in [0, 0.1) is 25.7 Å². The number of nitrogens with zero attached hydrogens (tertiary/aromatic N) is 1. The number of hydrogen-bond donors (Lipinski definition) is 2. The number of alkyl halides is 3. The summed E-state index contributed by atoms with van der Waals surface area (Å²) >= 11 is 0. The number of carbonyl (C=O) groups is 1. The van der Waals surface area contributed by atoms with Gasteiger partial charge in [-0.05, 0) is 38.3 Å². The molecule has 1 aromatic rings. The maximum atomic E-state index is 12.3. The first kappa shape index (κ1) is 14.6. The summed E-state index contributed by atoms with van der Waals surface area (Å²) in [6.45, 7) is 3.64. The molecule has 0 unspecified atom stereocenters. The Morgan fingerprint density at radius 2 is 1.95 bits per heavy atom. The second-order valence-electron chi connectivity index (χ2n) is 5.12. The number of rotatable bonds is 3. The number of carbonyl (C=O) groups excluding carboxylic acids is 1. The molecule has 0 aliphatic heterocycles. The van der Waals surface area contributed by atoms with Crippen molar-refractivity contribution in [3.05, 3.63) is 23.5 Å². The summed E-state index contributed by atoms with van der Waals surface area (Å²) in [6, 6.07) is 2.90. The van der Waals surface area contributed by atoms with Crippen molar-refractivity contribution in [3.8, 4) is 0 Å². The molecule has 2 rings (SSSR count). The molecule has 4 nitrogen and oxygen atoms in total. The number of urea groups is 1. The number of hydrogen-bond acceptors (Lipinski definition) is 2. The van der Waals surface area contributed by atoms with Gasteiger partial charge in [0.15, 0.2) is 0 Å². The van der Waals surface area contributed by atoms with E-state index >= 15 is 0 Å². The second kappa shape index (κ2) is 5.30. The van der Waals surface area contributed by atoms with E-state index in [4.69, 9.17) is 0 Å². The first-order chi connectivity index (χ1) is 9.25. The van der Waals surface area contributed by atoms with Gasteiger partial charge in [0.05, 0.1) is 5.92 Å². The topological polar surface area (TPSA) is 54.0 Å². The minimum atomic E-state index is -4.15. The van der Waals surface area contributed by atoms with Crippen molar-refractivity contribution in [3.63, 3.8) is 0 Å². The van der Waals surface area contributed by atoms with Crippen molar-refractivity contribution >= 4 is 11.7 Å². The molecule has 0 radical (unpaired) electrons. The van der Waals surface area contributed by atoms with E-state index in [0.717, 1.165) is 11.4 Å². The van der Waals surface area contributed by atoms with Gasteiger partial charge in [-0.3, -0.25) is 4.98 Å². The Morgan fingerprint density at radius 1 is 1.35 bits per heavy atom. The highest BCUT2D eigenvalue weighted by molar-refractivity contribution is 5.89. The Bertz CT molecular complexity index is 496. The van der Waals surface area contributed by atoms with Gasteiger partial charge >= 0.3 is 12.2 Å². The lowest BCUT2D eigenvalue weighted by Crippen LogP contribution is -2.31. The van der Waals surface area contributed by atoms with Crippen molar-refractivity contribution in [1.29, 1.82) is 0 Å². The van der Waals surface area contributed by atoms with Crippen molar-refractivity contribution < 1.29 is 18.0 Å². The van der Waals surface area contributed by atoms with Gasteiger partial charge in [0, 0.05) is 23.6 Å². The van der Waals surface area contributed by atoms with Gasteiger partial charge in [-0.25, -0.2) is 4.79 Å². The zero-order valence-electron chi connectivity index (χ0n) is 11.2. The average Bonchev–Trinajstić information content (AvgIpc) is 3.03. The maximum absolute atomic E-state index is 12.3. The lowest BCUT2D eigenvalue weighted by molar-refractivity contribution is -0.150. The molecule has 1 fully saturated rings. The molecule has 110 valence electrons. The van der Waals surface area contributed by atoms with E-state index in [1.165, 1.54) is 0 Å². The predicted octanol–water partition coefficient (Wildman–Crippen LogP) is 3.02. The molecule has 0 saturated heterocycles. The molecule has 1 saturated carbocycles. The van der Waals surface area contributed by atoms with Crippen LogP contribution in [0.5, 0.6) is 0 Å². The number of pyridine rings is 1. The highest BCUT2D eigenvalue weighted by atomic mass is 19.4. The molecule has 1 aromatic heterocycles. The summed E-state index contributed by atoms with van der Waals surface area (Å²) in [7, 11) is 0. The smallest absolute Gasteiger partial charge is 0.338 e. The van der Waals surface area contributed by atoms with E-state index < -0.39 is 24.0 Å². The third-order valence-electron chi connectivity index (χ3n) is 3.21. The number of nitrogens with one attached hydrogen (secondary N) is 2. The molecular formula is C13H16F3N3O. The second-order valence-corrected chi connectivity index (χ2v) is 5.12. The van der Waals surface area contributed by atoms with Gasteiger partial charge < -0.3 is 10.6 Å². The van der Waals surface area contributed by atoms with Crippen LogP contribution in [0.2, 0.25) is 0 Å². The fourth-order valence-electron chi connectivity index (χ4n) is 2.18. The molecule has 1 aliphatic carbocycles. The fraction of sp³-hybridized carbons (Fsp3) is 0.538. The van der Waals surface area contributed by atoms with Crippen molar-refractivity contribution in [2.75, 3.05) is 11.9 Å². The van der Waals surface area contributed by atoms with Gasteiger partial charge in [0.2, 0.25) is 0 Å². The number of aryl methyl sites for hydroxylation is 2. The standard InChI is InChI=1S/C13H16F3N3O/c1-7-3-10(4-8(2)18-7)19-12(20)17-6-9-5-11(9)13(14,15)16/h3-4,9,11H,5-6H2,1-2H3,(H2,17,18,19,20)/t9-,11+/m0/s1. The number of anilines is 1. The number of halogens is 3. The van der Waals surface area contributed by atoms with Crippen LogP contribution in [-0.4, -0.2) is 23.7 Å². The lowest BCUT2D eigenvalue weighted by atomic mass is 10.3. The Kier molecular flexibility index (Phi) is 3.87. The van der Waals surface area contributed by atoms with Crippen LogP contribution in [0.15, 0.2) is 12.1 Å². The molecule has 1 aliphatic rings. The highest BCUT2D eigenvalue weighted by Crippen LogP contribution is 2.49. The van der Waals surface area contributed by atoms with Crippen LogP contribution in [0.25, 0.3) is 0 Å². The van der Waals surface area contributed by atoms with Crippen molar-refractivity contribution in [2.24, 2.45) is 11.8 Å². The summed E-state index contributed by atoms with van der Waals surface area (Å²) in [5.74, 6) is -1.77. The van der Waals surface area contributed by atoms with E-state index in [1.807, 2.05) is 0 Å². The maximum Gasteiger partial charge on any atom is 0.392 e. The largest absolute Gasteiger partial charge is 0.392 e. The van der Waals surface area contributed by atoms with Crippen LogP contribution in [-0.2, 0) is 0 Å². The number of aromatic nitrogens is 1. The summed E-state index contributed by atoms with van der Waals surface area (Å²) in [4.78, 5) is 15.8. The third-order valence-corrected chi connectivity index (χ3v) is 3.21. The van der Waals surface area contributed by atoms with E-state index in [-0.39, 0.29) is 13.0 Å². The minimum absolute atomic E-state index is 0.0407. The van der Waals surface area contributed by atoms with E-state index in [1.54, 1.807) is 26.0 Å². The predicted molar refractivity (Wildman–Crippen MR) is 68.4 cm³/mol. The van der Waals surface area contributed by atoms with Crippen molar-refractivity contribution in [1.82, 2.24) is 10.3 Å². The molecule has 0 aromatic carbocycles. The SMILES string of the molecule is Cc1cc(NC(=O)NC[C@@H]2C[C@H]2C(F)(F)F)cc(C)n1. The van der Waals surface area contributed by atoms with E-state index in [2.05, 4.69) is 15.6 Å². The fourth-order valence-corrected chi connectivity index (χ4v) is 2.18. The molecule has 1 heterocycles. The summed E-state index contributed by atoms with van der Waals surface area (Å²) in [6.07, 6.45) is -4.06. The Balaban J connectivity index is 1.79. The molecule has 2 N–H and O–H groups in total. The zero-order chi connectivity index (χ0) is 14.9. The number of amides is 2. The molecule has 0 bridgehead atoms. The highest BCUT2D eigenvalue weighted by Gasteiger charge is 2.55. The molecule has 7 heteroatoms. The normalized spacial score (nSPS) is 21.4. The van der Waals surface area contributed by atoms with Crippen LogP contribution in [0.1, 0.15) is 17.8 Å². The summed E-state index contributed by atoms with van der Waals surface area (Å²) in [5, 5.41) is 5.05. The quantitative estimate of drug-likeness (QED) is 0.898.